The Morgan fingerprint density at radius 1 is 1.38 bits per heavy atom. The smallest absolute Gasteiger partial charge is 0.0151 e. The normalized spacial score (nSPS) is 26.2. The van der Waals surface area contributed by atoms with Crippen molar-refractivity contribution in [2.24, 2.45) is 5.92 Å². The Hall–Kier alpha value is 0.350. The van der Waals surface area contributed by atoms with E-state index in [1.807, 2.05) is 0 Å². The number of hydrogen-bond acceptors (Lipinski definition) is 0. The molecule has 1 atom stereocenters. The summed E-state index contributed by atoms with van der Waals surface area (Å²) in [5.41, 5.74) is 0. The average Bonchev–Trinajstić information content (AvgIpc) is 2.12. The van der Waals surface area contributed by atoms with E-state index in [0.717, 1.165) is 5.92 Å². The molecule has 1 saturated carbocycles. The van der Waals surface area contributed by atoms with Gasteiger partial charge in [-0.3, -0.25) is 0 Å². The van der Waals surface area contributed by atoms with Gasteiger partial charge in [-0.2, -0.15) is 0 Å². The lowest BCUT2D eigenvalue weighted by Gasteiger charge is -2.09. The van der Waals surface area contributed by atoms with Gasteiger partial charge in [-0.15, -0.1) is 0 Å². The first-order valence-electron chi connectivity index (χ1n) is 3.46. The molecule has 1 unspecified atom stereocenters. The van der Waals surface area contributed by atoms with Gasteiger partial charge in [0.2, 0.25) is 0 Å². The molecule has 0 aliphatic heterocycles. The Bertz CT molecular complexity index is 62.8. The highest BCUT2D eigenvalue weighted by molar-refractivity contribution is 7.80. The quantitative estimate of drug-likeness (QED) is 0.510. The van der Waals surface area contributed by atoms with Crippen LogP contribution in [0.4, 0.5) is 0 Å². The standard InChI is InChI=1S/C7H13S/c1-6(8)7-4-2-3-5-7/h6-7H,2-5H2,1H3. The van der Waals surface area contributed by atoms with Gasteiger partial charge in [-0.1, -0.05) is 32.4 Å². The van der Waals surface area contributed by atoms with E-state index < -0.39 is 0 Å². The molecule has 0 aromatic carbocycles. The summed E-state index contributed by atoms with van der Waals surface area (Å²) in [5, 5.41) is 0.525. The zero-order valence-electron chi connectivity index (χ0n) is 5.39. The van der Waals surface area contributed by atoms with Gasteiger partial charge in [0.15, 0.2) is 0 Å². The van der Waals surface area contributed by atoms with Crippen LogP contribution in [-0.4, -0.2) is 5.25 Å². The molecule has 0 heterocycles. The Morgan fingerprint density at radius 2 is 1.88 bits per heavy atom. The minimum atomic E-state index is 0.525. The summed E-state index contributed by atoms with van der Waals surface area (Å²) in [6.07, 6.45) is 5.63. The van der Waals surface area contributed by atoms with E-state index >= 15 is 0 Å². The SMILES string of the molecule is CC([S])C1CCCC1. The molecular weight excluding hydrogens is 116 g/mol. The monoisotopic (exact) mass is 129 g/mol. The van der Waals surface area contributed by atoms with E-state index in [1.165, 1.54) is 25.7 Å². The summed E-state index contributed by atoms with van der Waals surface area (Å²) in [6.45, 7) is 2.16. The molecule has 1 aliphatic carbocycles. The second kappa shape index (κ2) is 2.77. The van der Waals surface area contributed by atoms with Crippen molar-refractivity contribution >= 4 is 12.6 Å². The maximum absolute atomic E-state index is 5.14. The molecule has 0 amide bonds. The van der Waals surface area contributed by atoms with Gasteiger partial charge >= 0.3 is 0 Å². The van der Waals surface area contributed by atoms with Crippen molar-refractivity contribution in [1.82, 2.24) is 0 Å². The van der Waals surface area contributed by atoms with Crippen molar-refractivity contribution in [3.63, 3.8) is 0 Å². The third kappa shape index (κ3) is 1.41. The number of hydrogen-bond donors (Lipinski definition) is 0. The Kier molecular flexibility index (Phi) is 2.24. The highest BCUT2D eigenvalue weighted by Gasteiger charge is 2.18. The summed E-state index contributed by atoms with van der Waals surface area (Å²) in [6, 6.07) is 0. The lowest BCUT2D eigenvalue weighted by Crippen LogP contribution is -2.05. The van der Waals surface area contributed by atoms with E-state index in [4.69, 9.17) is 12.6 Å². The molecule has 0 aromatic rings. The zero-order chi connectivity index (χ0) is 5.98. The van der Waals surface area contributed by atoms with Gasteiger partial charge in [0.05, 0.1) is 0 Å². The molecule has 0 N–H and O–H groups in total. The molecule has 47 valence electrons. The molecule has 0 nitrogen and oxygen atoms in total. The molecular formula is C7H13S. The van der Waals surface area contributed by atoms with Crippen molar-refractivity contribution in [3.05, 3.63) is 0 Å². The molecule has 0 aromatic heterocycles. The summed E-state index contributed by atoms with van der Waals surface area (Å²) in [5.74, 6) is 0.880. The van der Waals surface area contributed by atoms with Gasteiger partial charge in [0.1, 0.15) is 0 Å². The van der Waals surface area contributed by atoms with Crippen molar-refractivity contribution in [2.45, 2.75) is 37.9 Å². The van der Waals surface area contributed by atoms with Gasteiger partial charge in [-0.05, 0) is 18.8 Å². The molecule has 1 aliphatic rings. The molecule has 1 radical (unpaired) electrons. The second-order valence-electron chi connectivity index (χ2n) is 2.75. The Labute approximate surface area is 57.1 Å². The minimum Gasteiger partial charge on any atom is -0.0904 e. The van der Waals surface area contributed by atoms with E-state index in [0.29, 0.717) is 5.25 Å². The van der Waals surface area contributed by atoms with E-state index in [2.05, 4.69) is 6.92 Å². The van der Waals surface area contributed by atoms with Crippen molar-refractivity contribution in [3.8, 4) is 0 Å². The third-order valence-corrected chi connectivity index (χ3v) is 2.45. The fourth-order valence-corrected chi connectivity index (χ4v) is 1.70. The Morgan fingerprint density at radius 3 is 2.12 bits per heavy atom. The maximum atomic E-state index is 5.14. The Balaban J connectivity index is 2.24. The molecule has 0 bridgehead atoms. The molecule has 8 heavy (non-hydrogen) atoms. The highest BCUT2D eigenvalue weighted by atomic mass is 32.1. The minimum absolute atomic E-state index is 0.525. The van der Waals surface area contributed by atoms with Crippen LogP contribution in [0.1, 0.15) is 32.6 Å². The van der Waals surface area contributed by atoms with Gasteiger partial charge < -0.3 is 0 Å². The maximum Gasteiger partial charge on any atom is 0.0151 e. The van der Waals surface area contributed by atoms with Crippen LogP contribution in [-0.2, 0) is 0 Å². The first-order valence-corrected chi connectivity index (χ1v) is 3.93. The first kappa shape index (κ1) is 6.47. The first-order chi connectivity index (χ1) is 3.80. The van der Waals surface area contributed by atoms with Crippen LogP contribution in [0, 0.1) is 5.92 Å². The predicted molar refractivity (Wildman–Crippen MR) is 39.0 cm³/mol. The highest BCUT2D eigenvalue weighted by Crippen LogP contribution is 2.29. The van der Waals surface area contributed by atoms with E-state index in [-0.39, 0.29) is 0 Å². The van der Waals surface area contributed by atoms with Crippen molar-refractivity contribution in [2.75, 3.05) is 0 Å². The summed E-state index contributed by atoms with van der Waals surface area (Å²) in [4.78, 5) is 0. The van der Waals surface area contributed by atoms with Gasteiger partial charge in [0, 0.05) is 5.25 Å². The van der Waals surface area contributed by atoms with Crippen LogP contribution >= 0.6 is 12.6 Å². The molecule has 1 heteroatoms. The predicted octanol–water partition coefficient (Wildman–Crippen LogP) is 2.76. The van der Waals surface area contributed by atoms with Crippen LogP contribution in [0.2, 0.25) is 0 Å². The summed E-state index contributed by atoms with van der Waals surface area (Å²) < 4.78 is 0. The van der Waals surface area contributed by atoms with Crippen molar-refractivity contribution < 1.29 is 0 Å². The molecule has 0 spiro atoms. The van der Waals surface area contributed by atoms with Crippen LogP contribution in [0.5, 0.6) is 0 Å². The van der Waals surface area contributed by atoms with Crippen molar-refractivity contribution in [1.29, 1.82) is 0 Å². The number of rotatable bonds is 1. The summed E-state index contributed by atoms with van der Waals surface area (Å²) >= 11 is 5.14. The average molecular weight is 129 g/mol. The lowest BCUT2D eigenvalue weighted by atomic mass is 10.1. The van der Waals surface area contributed by atoms with Crippen LogP contribution in [0.25, 0.3) is 0 Å². The van der Waals surface area contributed by atoms with E-state index in [1.54, 1.807) is 0 Å². The van der Waals surface area contributed by atoms with Crippen LogP contribution < -0.4 is 0 Å². The fourth-order valence-electron chi connectivity index (χ4n) is 1.43. The largest absolute Gasteiger partial charge is 0.0904 e. The van der Waals surface area contributed by atoms with E-state index in [9.17, 15) is 0 Å². The second-order valence-corrected chi connectivity index (χ2v) is 3.49. The zero-order valence-corrected chi connectivity index (χ0v) is 6.21. The molecule has 1 fully saturated rings. The topological polar surface area (TPSA) is 0 Å². The van der Waals surface area contributed by atoms with Crippen LogP contribution in [0.3, 0.4) is 0 Å². The fraction of sp³-hybridized carbons (Fsp3) is 1.00. The van der Waals surface area contributed by atoms with Crippen LogP contribution in [0.15, 0.2) is 0 Å². The lowest BCUT2D eigenvalue weighted by molar-refractivity contribution is 0.546. The van der Waals surface area contributed by atoms with Gasteiger partial charge in [0.25, 0.3) is 0 Å². The summed E-state index contributed by atoms with van der Waals surface area (Å²) in [7, 11) is 0. The molecule has 1 rings (SSSR count). The van der Waals surface area contributed by atoms with Gasteiger partial charge in [-0.25, -0.2) is 0 Å². The molecule has 0 saturated heterocycles. The third-order valence-electron chi connectivity index (χ3n) is 2.06.